The molecule has 1 aromatic carbocycles. The summed E-state index contributed by atoms with van der Waals surface area (Å²) in [5, 5.41) is 0.282. The number of hydrogen-bond donors (Lipinski definition) is 2. The molecule has 0 amide bonds. The van der Waals surface area contributed by atoms with Gasteiger partial charge in [-0.2, -0.15) is 0 Å². The molecular weight excluding hydrogens is 287 g/mol. The van der Waals surface area contributed by atoms with Crippen molar-refractivity contribution in [1.29, 1.82) is 0 Å². The van der Waals surface area contributed by atoms with Gasteiger partial charge < -0.3 is 11.5 Å². The number of aromatic nitrogens is 2. The molecule has 0 saturated heterocycles. The first-order chi connectivity index (χ1) is 8.88. The van der Waals surface area contributed by atoms with Crippen LogP contribution in [0.3, 0.4) is 0 Å². The van der Waals surface area contributed by atoms with E-state index in [0.717, 1.165) is 23.1 Å². The molecular formula is C12H12ClFN4S. The molecule has 4 nitrogen and oxygen atoms in total. The molecule has 2 aromatic rings. The second kappa shape index (κ2) is 5.22. The van der Waals surface area contributed by atoms with Crippen LogP contribution in [0.2, 0.25) is 5.02 Å². The molecule has 0 atom stereocenters. The zero-order chi connectivity index (χ0) is 14.2. The topological polar surface area (TPSA) is 77.8 Å². The molecule has 0 fully saturated rings. The van der Waals surface area contributed by atoms with Crippen LogP contribution in [0.15, 0.2) is 22.2 Å². The molecule has 0 spiro atoms. The highest BCUT2D eigenvalue weighted by atomic mass is 35.5. The molecule has 0 bridgehead atoms. The summed E-state index contributed by atoms with van der Waals surface area (Å²) >= 11 is 6.80. The molecule has 0 aliphatic carbocycles. The first-order valence-corrected chi connectivity index (χ1v) is 6.61. The summed E-state index contributed by atoms with van der Waals surface area (Å²) in [7, 11) is 0. The van der Waals surface area contributed by atoms with Crippen molar-refractivity contribution in [3.05, 3.63) is 34.4 Å². The molecule has 1 aromatic heterocycles. The molecule has 0 radical (unpaired) electrons. The van der Waals surface area contributed by atoms with Gasteiger partial charge in [-0.25, -0.2) is 14.4 Å². The number of halogens is 2. The second-order valence-corrected chi connectivity index (χ2v) is 5.40. The maximum Gasteiger partial charge on any atom is 0.193 e. The quantitative estimate of drug-likeness (QED) is 0.657. The summed E-state index contributed by atoms with van der Waals surface area (Å²) in [6.45, 7) is 3.68. The van der Waals surface area contributed by atoms with E-state index in [0.29, 0.717) is 5.16 Å². The Morgan fingerprint density at radius 3 is 2.26 bits per heavy atom. The summed E-state index contributed by atoms with van der Waals surface area (Å²) in [4.78, 5) is 8.62. The van der Waals surface area contributed by atoms with Crippen LogP contribution in [0.25, 0.3) is 0 Å². The van der Waals surface area contributed by atoms with E-state index in [1.54, 1.807) is 0 Å². The van der Waals surface area contributed by atoms with E-state index in [4.69, 9.17) is 23.1 Å². The maximum atomic E-state index is 14.0. The van der Waals surface area contributed by atoms with Gasteiger partial charge in [0.05, 0.1) is 16.3 Å². The van der Waals surface area contributed by atoms with Crippen molar-refractivity contribution in [2.75, 3.05) is 11.5 Å². The van der Waals surface area contributed by atoms with Gasteiger partial charge >= 0.3 is 0 Å². The van der Waals surface area contributed by atoms with E-state index < -0.39 is 5.82 Å². The highest BCUT2D eigenvalue weighted by Crippen LogP contribution is 2.38. The third-order valence-corrected chi connectivity index (χ3v) is 3.74. The molecule has 7 heteroatoms. The Balaban J connectivity index is 2.46. The van der Waals surface area contributed by atoms with E-state index in [2.05, 4.69) is 9.97 Å². The summed E-state index contributed by atoms with van der Waals surface area (Å²) in [5.74, 6) is -0.646. The van der Waals surface area contributed by atoms with Crippen molar-refractivity contribution < 1.29 is 4.39 Å². The van der Waals surface area contributed by atoms with Gasteiger partial charge in [-0.05, 0) is 37.7 Å². The normalized spacial score (nSPS) is 10.7. The number of nitrogens with zero attached hydrogens (tertiary/aromatic N) is 2. The fraction of sp³-hybridized carbons (Fsp3) is 0.167. The average molecular weight is 299 g/mol. The highest BCUT2D eigenvalue weighted by molar-refractivity contribution is 7.99. The van der Waals surface area contributed by atoms with E-state index in [-0.39, 0.29) is 21.3 Å². The van der Waals surface area contributed by atoms with Crippen LogP contribution >= 0.6 is 23.4 Å². The standard InChI is InChI=1S/C12H12ClFN4S/c1-5-3-6(2)18-12(17-5)19-11-8(16)4-7(15)9(13)10(11)14/h3-4H,15-16H2,1-2H3. The number of hydrogen-bond acceptors (Lipinski definition) is 5. The molecule has 1 heterocycles. The monoisotopic (exact) mass is 298 g/mol. The average Bonchev–Trinajstić information content (AvgIpc) is 2.31. The van der Waals surface area contributed by atoms with Crippen molar-refractivity contribution in [2.45, 2.75) is 23.9 Å². The van der Waals surface area contributed by atoms with E-state index in [9.17, 15) is 4.39 Å². The number of benzene rings is 1. The predicted octanol–water partition coefficient (Wildman–Crippen LogP) is 3.20. The number of rotatable bonds is 2. The zero-order valence-corrected chi connectivity index (χ0v) is 11.9. The number of aryl methyl sites for hydroxylation is 2. The lowest BCUT2D eigenvalue weighted by atomic mass is 10.3. The molecule has 100 valence electrons. The minimum absolute atomic E-state index is 0.113. The van der Waals surface area contributed by atoms with Gasteiger partial charge in [0, 0.05) is 11.4 Å². The lowest BCUT2D eigenvalue weighted by Gasteiger charge is -2.10. The van der Waals surface area contributed by atoms with Gasteiger partial charge in [0.2, 0.25) is 0 Å². The maximum absolute atomic E-state index is 14.0. The molecule has 0 saturated carbocycles. The first kappa shape index (κ1) is 13.9. The smallest absolute Gasteiger partial charge is 0.193 e. The largest absolute Gasteiger partial charge is 0.398 e. The Labute approximate surface area is 119 Å². The van der Waals surface area contributed by atoms with Crippen molar-refractivity contribution in [2.24, 2.45) is 0 Å². The molecule has 0 aliphatic heterocycles. The lowest BCUT2D eigenvalue weighted by molar-refractivity contribution is 0.604. The highest BCUT2D eigenvalue weighted by Gasteiger charge is 2.16. The molecule has 2 rings (SSSR count). The molecule has 0 unspecified atom stereocenters. The van der Waals surface area contributed by atoms with E-state index in [1.165, 1.54) is 6.07 Å². The number of nitrogens with two attached hydrogens (primary N) is 2. The fourth-order valence-electron chi connectivity index (χ4n) is 1.58. The SMILES string of the molecule is Cc1cc(C)nc(Sc2c(N)cc(N)c(Cl)c2F)n1. The fourth-order valence-corrected chi connectivity index (χ4v) is 2.72. The van der Waals surface area contributed by atoms with Gasteiger partial charge in [0.1, 0.15) is 5.02 Å². The van der Waals surface area contributed by atoms with E-state index in [1.807, 2.05) is 19.9 Å². The van der Waals surface area contributed by atoms with Crippen molar-refractivity contribution in [3.8, 4) is 0 Å². The van der Waals surface area contributed by atoms with Gasteiger partial charge in [0.15, 0.2) is 11.0 Å². The van der Waals surface area contributed by atoms with Gasteiger partial charge in [-0.3, -0.25) is 0 Å². The molecule has 4 N–H and O–H groups in total. The van der Waals surface area contributed by atoms with E-state index >= 15 is 0 Å². The Morgan fingerprint density at radius 2 is 1.68 bits per heavy atom. The number of anilines is 2. The third-order valence-electron chi connectivity index (χ3n) is 2.37. The van der Waals surface area contributed by atoms with Crippen LogP contribution < -0.4 is 11.5 Å². The van der Waals surface area contributed by atoms with Gasteiger partial charge in [-0.1, -0.05) is 11.6 Å². The molecule has 19 heavy (non-hydrogen) atoms. The van der Waals surface area contributed by atoms with Crippen molar-refractivity contribution in [1.82, 2.24) is 9.97 Å². The second-order valence-electron chi connectivity index (χ2n) is 4.05. The zero-order valence-electron chi connectivity index (χ0n) is 10.4. The van der Waals surface area contributed by atoms with Crippen LogP contribution in [0.5, 0.6) is 0 Å². The summed E-state index contributed by atoms with van der Waals surface area (Å²) in [5.41, 5.74) is 13.2. The Kier molecular flexibility index (Phi) is 3.82. The predicted molar refractivity (Wildman–Crippen MR) is 75.9 cm³/mol. The van der Waals surface area contributed by atoms with Crippen LogP contribution in [0, 0.1) is 19.7 Å². The minimum atomic E-state index is -0.646. The summed E-state index contributed by atoms with van der Waals surface area (Å²) in [6, 6.07) is 3.26. The van der Waals surface area contributed by atoms with Crippen LogP contribution in [-0.2, 0) is 0 Å². The molecule has 0 aliphatic rings. The Bertz CT molecular complexity index is 628. The third kappa shape index (κ3) is 2.90. The van der Waals surface area contributed by atoms with Crippen LogP contribution in [0.1, 0.15) is 11.4 Å². The summed E-state index contributed by atoms with van der Waals surface area (Å²) < 4.78 is 14.0. The summed E-state index contributed by atoms with van der Waals surface area (Å²) in [6.07, 6.45) is 0. The van der Waals surface area contributed by atoms with Gasteiger partial charge in [-0.15, -0.1) is 0 Å². The Hall–Kier alpha value is -1.53. The first-order valence-electron chi connectivity index (χ1n) is 5.41. The van der Waals surface area contributed by atoms with Crippen molar-refractivity contribution in [3.63, 3.8) is 0 Å². The van der Waals surface area contributed by atoms with Crippen LogP contribution in [-0.4, -0.2) is 9.97 Å². The Morgan fingerprint density at radius 1 is 1.11 bits per heavy atom. The van der Waals surface area contributed by atoms with Crippen LogP contribution in [0.4, 0.5) is 15.8 Å². The van der Waals surface area contributed by atoms with Gasteiger partial charge in [0.25, 0.3) is 0 Å². The minimum Gasteiger partial charge on any atom is -0.398 e. The van der Waals surface area contributed by atoms with Crippen molar-refractivity contribution >= 4 is 34.7 Å². The number of nitrogen functional groups attached to an aromatic ring is 2. The lowest BCUT2D eigenvalue weighted by Crippen LogP contribution is -1.99.